The first-order valence-electron chi connectivity index (χ1n) is 5.71. The Labute approximate surface area is 107 Å². The molecule has 1 aromatic carbocycles. The maximum absolute atomic E-state index is 12.0. The molecule has 0 spiro atoms. The standard InChI is InChI=1S/C12H16ClNO2S/c1-9(2)17(15,16)10-4-5-12(11(13)8-10)14-6-3-7-14/h4-5,8-9H,3,6-7H2,1-2H3. The van der Waals surface area contributed by atoms with E-state index in [2.05, 4.69) is 4.90 Å². The molecule has 0 bridgehead atoms. The first kappa shape index (κ1) is 12.7. The van der Waals surface area contributed by atoms with Crippen molar-refractivity contribution >= 4 is 27.1 Å². The van der Waals surface area contributed by atoms with Gasteiger partial charge in [-0.25, -0.2) is 8.42 Å². The zero-order valence-electron chi connectivity index (χ0n) is 9.98. The fraction of sp³-hybridized carbons (Fsp3) is 0.500. The Bertz CT molecular complexity index is 521. The number of hydrogen-bond acceptors (Lipinski definition) is 3. The van der Waals surface area contributed by atoms with E-state index in [-0.39, 0.29) is 0 Å². The SMILES string of the molecule is CC(C)S(=O)(=O)c1ccc(N2CCC2)c(Cl)c1. The summed E-state index contributed by atoms with van der Waals surface area (Å²) in [7, 11) is -3.23. The highest BCUT2D eigenvalue weighted by Crippen LogP contribution is 2.32. The van der Waals surface area contributed by atoms with Gasteiger partial charge in [0.2, 0.25) is 0 Å². The van der Waals surface area contributed by atoms with Crippen molar-refractivity contribution < 1.29 is 8.42 Å². The van der Waals surface area contributed by atoms with E-state index < -0.39 is 15.1 Å². The number of halogens is 1. The van der Waals surface area contributed by atoms with Crippen molar-refractivity contribution in [3.8, 4) is 0 Å². The molecule has 0 aliphatic carbocycles. The second kappa shape index (κ2) is 4.50. The third-order valence-electron chi connectivity index (χ3n) is 3.07. The van der Waals surface area contributed by atoms with Crippen LogP contribution in [0, 0.1) is 0 Å². The van der Waals surface area contributed by atoms with Crippen molar-refractivity contribution in [2.45, 2.75) is 30.4 Å². The minimum atomic E-state index is -3.23. The number of nitrogens with zero attached hydrogens (tertiary/aromatic N) is 1. The Morgan fingerprint density at radius 2 is 1.94 bits per heavy atom. The predicted molar refractivity (Wildman–Crippen MR) is 70.6 cm³/mol. The second-order valence-electron chi connectivity index (χ2n) is 4.55. The highest BCUT2D eigenvalue weighted by Gasteiger charge is 2.22. The summed E-state index contributed by atoms with van der Waals surface area (Å²) in [6.07, 6.45) is 1.17. The minimum Gasteiger partial charge on any atom is -0.370 e. The normalized spacial score (nSPS) is 16.1. The lowest BCUT2D eigenvalue weighted by molar-refractivity contribution is 0.587. The number of anilines is 1. The molecule has 1 fully saturated rings. The molecular formula is C12H16ClNO2S. The Hall–Kier alpha value is -0.740. The van der Waals surface area contributed by atoms with Crippen molar-refractivity contribution in [1.29, 1.82) is 0 Å². The number of benzene rings is 1. The van der Waals surface area contributed by atoms with Crippen LogP contribution in [-0.2, 0) is 9.84 Å². The number of sulfone groups is 1. The summed E-state index contributed by atoms with van der Waals surface area (Å²) in [5.41, 5.74) is 0.931. The van der Waals surface area contributed by atoms with Gasteiger partial charge in [-0.2, -0.15) is 0 Å². The zero-order valence-corrected chi connectivity index (χ0v) is 11.6. The predicted octanol–water partition coefficient (Wildman–Crippen LogP) is 2.73. The maximum atomic E-state index is 12.0. The monoisotopic (exact) mass is 273 g/mol. The first-order valence-corrected chi connectivity index (χ1v) is 7.64. The van der Waals surface area contributed by atoms with E-state index in [0.717, 1.165) is 18.8 Å². The summed E-state index contributed by atoms with van der Waals surface area (Å²) >= 11 is 6.14. The smallest absolute Gasteiger partial charge is 0.180 e. The van der Waals surface area contributed by atoms with Crippen LogP contribution in [0.4, 0.5) is 5.69 Å². The summed E-state index contributed by atoms with van der Waals surface area (Å²) in [5.74, 6) is 0. The molecule has 1 aliphatic rings. The average molecular weight is 274 g/mol. The van der Waals surface area contributed by atoms with Gasteiger partial charge in [-0.1, -0.05) is 11.6 Å². The topological polar surface area (TPSA) is 37.4 Å². The van der Waals surface area contributed by atoms with E-state index in [9.17, 15) is 8.42 Å². The van der Waals surface area contributed by atoms with Crippen LogP contribution >= 0.6 is 11.6 Å². The molecular weight excluding hydrogens is 258 g/mol. The van der Waals surface area contributed by atoms with Crippen molar-refractivity contribution in [3.05, 3.63) is 23.2 Å². The third-order valence-corrected chi connectivity index (χ3v) is 5.52. The van der Waals surface area contributed by atoms with Gasteiger partial charge in [0, 0.05) is 13.1 Å². The lowest BCUT2D eigenvalue weighted by Gasteiger charge is -2.34. The minimum absolute atomic E-state index is 0.307. The quantitative estimate of drug-likeness (QED) is 0.850. The Morgan fingerprint density at radius 3 is 2.35 bits per heavy atom. The molecule has 3 nitrogen and oxygen atoms in total. The third kappa shape index (κ3) is 2.29. The molecule has 17 heavy (non-hydrogen) atoms. The molecule has 0 radical (unpaired) electrons. The van der Waals surface area contributed by atoms with E-state index in [1.54, 1.807) is 32.0 Å². The summed E-state index contributed by atoms with van der Waals surface area (Å²) < 4.78 is 24.0. The van der Waals surface area contributed by atoms with E-state index in [0.29, 0.717) is 9.92 Å². The van der Waals surface area contributed by atoms with Gasteiger partial charge < -0.3 is 4.90 Å². The van der Waals surface area contributed by atoms with Crippen LogP contribution in [0.2, 0.25) is 5.02 Å². The van der Waals surface area contributed by atoms with Crippen molar-refractivity contribution in [2.24, 2.45) is 0 Å². The molecule has 0 N–H and O–H groups in total. The van der Waals surface area contributed by atoms with E-state index in [4.69, 9.17) is 11.6 Å². The zero-order chi connectivity index (χ0) is 12.6. The van der Waals surface area contributed by atoms with E-state index in [1.807, 2.05) is 0 Å². The van der Waals surface area contributed by atoms with Gasteiger partial charge in [-0.05, 0) is 38.5 Å². The molecule has 0 saturated carbocycles. The van der Waals surface area contributed by atoms with Crippen LogP contribution in [0.15, 0.2) is 23.1 Å². The molecule has 0 unspecified atom stereocenters. The van der Waals surface area contributed by atoms with Gasteiger partial charge >= 0.3 is 0 Å². The molecule has 0 amide bonds. The van der Waals surface area contributed by atoms with Crippen LogP contribution in [0.1, 0.15) is 20.3 Å². The molecule has 0 aromatic heterocycles. The van der Waals surface area contributed by atoms with Crippen LogP contribution in [0.5, 0.6) is 0 Å². The number of rotatable bonds is 3. The Kier molecular flexibility index (Phi) is 3.36. The summed E-state index contributed by atoms with van der Waals surface area (Å²) in [4.78, 5) is 2.45. The van der Waals surface area contributed by atoms with Crippen molar-refractivity contribution in [1.82, 2.24) is 0 Å². The first-order chi connectivity index (χ1) is 7.93. The Morgan fingerprint density at radius 1 is 1.29 bits per heavy atom. The molecule has 5 heteroatoms. The summed E-state index contributed by atoms with van der Waals surface area (Å²) in [6, 6.07) is 5.01. The lowest BCUT2D eigenvalue weighted by Crippen LogP contribution is -2.37. The molecule has 1 heterocycles. The molecule has 0 atom stereocenters. The van der Waals surface area contributed by atoms with Crippen molar-refractivity contribution in [3.63, 3.8) is 0 Å². The fourth-order valence-electron chi connectivity index (χ4n) is 1.75. The van der Waals surface area contributed by atoms with Gasteiger partial charge in [0.15, 0.2) is 9.84 Å². The van der Waals surface area contributed by atoms with E-state index in [1.165, 1.54) is 6.42 Å². The highest BCUT2D eigenvalue weighted by atomic mass is 35.5. The summed E-state index contributed by atoms with van der Waals surface area (Å²) in [5, 5.41) is 0.0971. The van der Waals surface area contributed by atoms with Gasteiger partial charge in [-0.15, -0.1) is 0 Å². The fourth-order valence-corrected chi connectivity index (χ4v) is 3.20. The second-order valence-corrected chi connectivity index (χ2v) is 7.46. The Balaban J connectivity index is 2.37. The summed E-state index contributed by atoms with van der Waals surface area (Å²) in [6.45, 7) is 5.34. The van der Waals surface area contributed by atoms with Gasteiger partial charge in [0.25, 0.3) is 0 Å². The maximum Gasteiger partial charge on any atom is 0.180 e. The molecule has 1 aliphatic heterocycles. The van der Waals surface area contributed by atoms with Crippen molar-refractivity contribution in [2.75, 3.05) is 18.0 Å². The molecule has 2 rings (SSSR count). The van der Waals surface area contributed by atoms with Crippen LogP contribution < -0.4 is 4.90 Å². The molecule has 1 saturated heterocycles. The lowest BCUT2D eigenvalue weighted by atomic mass is 10.2. The van der Waals surface area contributed by atoms with Crippen LogP contribution in [0.25, 0.3) is 0 Å². The van der Waals surface area contributed by atoms with Gasteiger partial charge in [0.05, 0.1) is 20.9 Å². The van der Waals surface area contributed by atoms with Gasteiger partial charge in [-0.3, -0.25) is 0 Å². The highest BCUT2D eigenvalue weighted by molar-refractivity contribution is 7.92. The molecule has 94 valence electrons. The van der Waals surface area contributed by atoms with Gasteiger partial charge in [0.1, 0.15) is 0 Å². The van der Waals surface area contributed by atoms with Crippen LogP contribution in [-0.4, -0.2) is 26.8 Å². The largest absolute Gasteiger partial charge is 0.370 e. The average Bonchev–Trinajstić information content (AvgIpc) is 2.17. The van der Waals surface area contributed by atoms with E-state index >= 15 is 0 Å². The van der Waals surface area contributed by atoms with Crippen LogP contribution in [0.3, 0.4) is 0 Å². The molecule has 1 aromatic rings. The number of hydrogen-bond donors (Lipinski definition) is 0.